The standard InChI is InChI=1S/C23H27N5O5/c24-20(25)16-6-8-17(9-7-16)33-14-4-2-10-23(15-19(29)30,18-5-1-3-11-26-18)28-13-12-27-21(31)22(28)32/h1,3,5-9,11H,2,4,10,12-15H2,(H3,24,25)(H,27,31)(H,29,30). The van der Waals surface area contributed by atoms with Gasteiger partial charge in [0.1, 0.15) is 11.6 Å². The molecule has 5 N–H and O–H groups in total. The number of unbranched alkanes of at least 4 members (excludes halogenated alkanes) is 1. The molecule has 10 heteroatoms. The molecule has 2 heterocycles. The second-order valence-corrected chi connectivity index (χ2v) is 7.77. The molecule has 0 aliphatic carbocycles. The number of benzene rings is 1. The Morgan fingerprint density at radius 3 is 2.61 bits per heavy atom. The molecule has 1 aromatic carbocycles. The predicted octanol–water partition coefficient (Wildman–Crippen LogP) is 1.24. The largest absolute Gasteiger partial charge is 0.494 e. The minimum atomic E-state index is -1.24. The summed E-state index contributed by atoms with van der Waals surface area (Å²) < 4.78 is 5.74. The van der Waals surface area contributed by atoms with Crippen molar-refractivity contribution in [1.29, 1.82) is 5.41 Å². The first-order valence-corrected chi connectivity index (χ1v) is 10.6. The number of aromatic nitrogens is 1. The topological polar surface area (TPSA) is 159 Å². The van der Waals surface area contributed by atoms with Gasteiger partial charge >= 0.3 is 17.8 Å². The highest BCUT2D eigenvalue weighted by molar-refractivity contribution is 6.35. The molecule has 0 spiro atoms. The van der Waals surface area contributed by atoms with Gasteiger partial charge in [0.15, 0.2) is 0 Å². The average molecular weight is 453 g/mol. The molecule has 1 aliphatic heterocycles. The summed E-state index contributed by atoms with van der Waals surface area (Å²) in [6.45, 7) is 0.824. The summed E-state index contributed by atoms with van der Waals surface area (Å²) in [5.74, 6) is -1.98. The Morgan fingerprint density at radius 2 is 1.97 bits per heavy atom. The Labute approximate surface area is 191 Å². The van der Waals surface area contributed by atoms with Gasteiger partial charge in [0.2, 0.25) is 0 Å². The van der Waals surface area contributed by atoms with Gasteiger partial charge in [0, 0.05) is 24.8 Å². The lowest BCUT2D eigenvalue weighted by atomic mass is 9.82. The number of pyridine rings is 1. The van der Waals surface area contributed by atoms with Crippen molar-refractivity contribution >= 4 is 23.6 Å². The van der Waals surface area contributed by atoms with Gasteiger partial charge < -0.3 is 25.8 Å². The first kappa shape index (κ1) is 23.7. The van der Waals surface area contributed by atoms with Crippen LogP contribution in [0.25, 0.3) is 0 Å². The van der Waals surface area contributed by atoms with E-state index in [9.17, 15) is 19.5 Å². The maximum atomic E-state index is 12.7. The normalized spacial score (nSPS) is 15.5. The number of amidine groups is 1. The number of nitrogens with two attached hydrogens (primary N) is 1. The number of carboxylic acid groups (broad SMARTS) is 1. The molecule has 1 fully saturated rings. The summed E-state index contributed by atoms with van der Waals surface area (Å²) in [5.41, 5.74) is 5.25. The number of piperazine rings is 1. The van der Waals surface area contributed by atoms with Crippen LogP contribution in [0.1, 0.15) is 36.9 Å². The van der Waals surface area contributed by atoms with E-state index in [1.54, 1.807) is 48.7 Å². The summed E-state index contributed by atoms with van der Waals surface area (Å²) in [7, 11) is 0. The molecule has 10 nitrogen and oxygen atoms in total. The van der Waals surface area contributed by atoms with E-state index in [1.165, 1.54) is 4.90 Å². The van der Waals surface area contributed by atoms with E-state index in [0.717, 1.165) is 0 Å². The van der Waals surface area contributed by atoms with E-state index < -0.39 is 23.3 Å². The number of rotatable bonds is 11. The number of carbonyl (C=O) groups excluding carboxylic acids is 2. The van der Waals surface area contributed by atoms with Gasteiger partial charge in [-0.1, -0.05) is 6.07 Å². The Kier molecular flexibility index (Phi) is 7.60. The minimum Gasteiger partial charge on any atom is -0.494 e. The van der Waals surface area contributed by atoms with Crippen LogP contribution in [0.5, 0.6) is 5.75 Å². The van der Waals surface area contributed by atoms with E-state index in [4.69, 9.17) is 15.9 Å². The number of hydrogen-bond donors (Lipinski definition) is 4. The number of nitrogens with one attached hydrogen (secondary N) is 2. The molecule has 1 unspecified atom stereocenters. The fourth-order valence-electron chi connectivity index (χ4n) is 3.99. The van der Waals surface area contributed by atoms with Crippen molar-refractivity contribution in [3.63, 3.8) is 0 Å². The lowest BCUT2D eigenvalue weighted by Crippen LogP contribution is -2.61. The quantitative estimate of drug-likeness (QED) is 0.172. The molecule has 2 aromatic rings. The fraction of sp³-hybridized carbons (Fsp3) is 0.348. The number of nitrogens with zero attached hydrogens (tertiary/aromatic N) is 2. The average Bonchev–Trinajstić information content (AvgIpc) is 2.80. The monoisotopic (exact) mass is 453 g/mol. The zero-order valence-corrected chi connectivity index (χ0v) is 18.1. The van der Waals surface area contributed by atoms with Gasteiger partial charge in [0.05, 0.1) is 24.3 Å². The fourth-order valence-corrected chi connectivity index (χ4v) is 3.99. The van der Waals surface area contributed by atoms with Gasteiger partial charge in [0.25, 0.3) is 0 Å². The third kappa shape index (κ3) is 5.65. The second kappa shape index (κ2) is 10.6. The Balaban J connectivity index is 1.73. The molecule has 33 heavy (non-hydrogen) atoms. The van der Waals surface area contributed by atoms with E-state index >= 15 is 0 Å². The molecule has 0 saturated carbocycles. The first-order valence-electron chi connectivity index (χ1n) is 10.6. The second-order valence-electron chi connectivity index (χ2n) is 7.77. The maximum Gasteiger partial charge on any atom is 0.312 e. The first-order chi connectivity index (χ1) is 15.8. The molecule has 1 aliphatic rings. The summed E-state index contributed by atoms with van der Waals surface area (Å²) in [6, 6.07) is 12.0. The summed E-state index contributed by atoms with van der Waals surface area (Å²) in [4.78, 5) is 42.3. The Hall–Kier alpha value is -3.95. The third-order valence-electron chi connectivity index (χ3n) is 5.58. The minimum absolute atomic E-state index is 0.0215. The number of nitrogen functional groups attached to an aromatic ring is 1. The van der Waals surface area contributed by atoms with Crippen molar-refractivity contribution in [2.45, 2.75) is 31.2 Å². The van der Waals surface area contributed by atoms with Gasteiger partial charge in [-0.25, -0.2) is 0 Å². The van der Waals surface area contributed by atoms with E-state index in [1.807, 2.05) is 0 Å². The molecule has 3 rings (SSSR count). The van der Waals surface area contributed by atoms with E-state index in [2.05, 4.69) is 10.3 Å². The highest BCUT2D eigenvalue weighted by Gasteiger charge is 2.46. The highest BCUT2D eigenvalue weighted by atomic mass is 16.5. The highest BCUT2D eigenvalue weighted by Crippen LogP contribution is 2.37. The predicted molar refractivity (Wildman–Crippen MR) is 120 cm³/mol. The summed E-state index contributed by atoms with van der Waals surface area (Å²) >= 11 is 0. The van der Waals surface area contributed by atoms with Crippen LogP contribution in [-0.2, 0) is 19.9 Å². The van der Waals surface area contributed by atoms with Crippen LogP contribution in [-0.4, -0.2) is 58.3 Å². The van der Waals surface area contributed by atoms with Crippen molar-refractivity contribution in [2.75, 3.05) is 19.7 Å². The molecule has 174 valence electrons. The molecule has 1 atom stereocenters. The van der Waals surface area contributed by atoms with Crippen LogP contribution in [0.15, 0.2) is 48.7 Å². The van der Waals surface area contributed by atoms with E-state index in [0.29, 0.717) is 42.9 Å². The van der Waals surface area contributed by atoms with Gasteiger partial charge in [-0.15, -0.1) is 0 Å². The molecule has 1 aromatic heterocycles. The molecule has 0 radical (unpaired) electrons. The lowest BCUT2D eigenvalue weighted by molar-refractivity contribution is -0.157. The van der Waals surface area contributed by atoms with Crippen LogP contribution in [0.3, 0.4) is 0 Å². The number of aliphatic carboxylic acids is 1. The van der Waals surface area contributed by atoms with Crippen LogP contribution in [0.2, 0.25) is 0 Å². The van der Waals surface area contributed by atoms with Crippen molar-refractivity contribution < 1.29 is 24.2 Å². The van der Waals surface area contributed by atoms with Crippen molar-refractivity contribution in [3.05, 3.63) is 59.9 Å². The zero-order valence-electron chi connectivity index (χ0n) is 18.1. The Morgan fingerprint density at radius 1 is 1.21 bits per heavy atom. The smallest absolute Gasteiger partial charge is 0.312 e. The summed E-state index contributed by atoms with van der Waals surface area (Å²) in [5, 5.41) is 19.6. The molecule has 2 amide bonds. The van der Waals surface area contributed by atoms with Gasteiger partial charge in [-0.3, -0.25) is 24.8 Å². The number of carbonyl (C=O) groups is 3. The van der Waals surface area contributed by atoms with E-state index in [-0.39, 0.29) is 25.3 Å². The van der Waals surface area contributed by atoms with Crippen LogP contribution < -0.4 is 15.8 Å². The number of ether oxygens (including phenoxy) is 1. The lowest BCUT2D eigenvalue weighted by Gasteiger charge is -2.44. The zero-order chi connectivity index (χ0) is 23.8. The van der Waals surface area contributed by atoms with Crippen molar-refractivity contribution in [1.82, 2.24) is 15.2 Å². The molecule has 0 bridgehead atoms. The number of hydrogen-bond acceptors (Lipinski definition) is 6. The SMILES string of the molecule is N=C(N)c1ccc(OCCCCC(CC(=O)O)(c2ccccn2)N2CCNC(=O)C2=O)cc1. The van der Waals surface area contributed by atoms with Crippen LogP contribution >= 0.6 is 0 Å². The third-order valence-corrected chi connectivity index (χ3v) is 5.58. The van der Waals surface area contributed by atoms with Crippen molar-refractivity contribution in [2.24, 2.45) is 5.73 Å². The molecule has 1 saturated heterocycles. The summed E-state index contributed by atoms with van der Waals surface area (Å²) in [6.07, 6.45) is 2.63. The maximum absolute atomic E-state index is 12.7. The van der Waals surface area contributed by atoms with Crippen LogP contribution in [0.4, 0.5) is 0 Å². The molecular weight excluding hydrogens is 426 g/mol. The van der Waals surface area contributed by atoms with Crippen LogP contribution in [0, 0.1) is 5.41 Å². The van der Waals surface area contributed by atoms with Gasteiger partial charge in [-0.05, 0) is 55.7 Å². The van der Waals surface area contributed by atoms with Crippen molar-refractivity contribution in [3.8, 4) is 5.75 Å². The molecular formula is C23H27N5O5. The number of amides is 2. The van der Waals surface area contributed by atoms with Gasteiger partial charge in [-0.2, -0.15) is 0 Å². The number of carboxylic acids is 1. The Bertz CT molecular complexity index is 1010.